The molecule has 0 radical (unpaired) electrons. The lowest BCUT2D eigenvalue weighted by atomic mass is 9.98. The number of hydrogen-bond donors (Lipinski definition) is 9. The van der Waals surface area contributed by atoms with Crippen LogP contribution in [0.5, 0.6) is 17.2 Å². The highest BCUT2D eigenvalue weighted by atomic mass is 31.2. The summed E-state index contributed by atoms with van der Waals surface area (Å²) < 4.78 is 165. The number of esters is 3. The summed E-state index contributed by atoms with van der Waals surface area (Å²) in [6.45, 7) is 29.0. The molecular formula is C94H124F3N18O21P3. The molecule has 3 aliphatic heterocycles. The van der Waals surface area contributed by atoms with E-state index < -0.39 is 151 Å². The number of alkyl halides is 3. The van der Waals surface area contributed by atoms with Gasteiger partial charge >= 0.3 is 41.1 Å². The monoisotopic (exact) mass is 1990 g/mol. The molecule has 0 bridgehead atoms. The molecule has 0 unspecified atom stereocenters. The predicted octanol–water partition coefficient (Wildman–Crippen LogP) is 15.9. The molecule has 45 heteroatoms. The van der Waals surface area contributed by atoms with Gasteiger partial charge in [0.2, 0.25) is 0 Å². The van der Waals surface area contributed by atoms with Crippen molar-refractivity contribution in [2.45, 2.75) is 222 Å². The molecule has 3 saturated heterocycles. The van der Waals surface area contributed by atoms with Gasteiger partial charge in [-0.05, 0) is 113 Å². The van der Waals surface area contributed by atoms with Crippen molar-refractivity contribution in [2.24, 2.45) is 16.2 Å². The maximum Gasteiger partial charge on any atom is 0.459 e. The molecule has 9 N–H and O–H groups in total. The molecule has 6 aromatic heterocycles. The Balaban J connectivity index is 0.000000186. The smallest absolute Gasteiger partial charge is 0.459 e. The quantitative estimate of drug-likeness (QED) is 0.0105. The summed E-state index contributed by atoms with van der Waals surface area (Å²) in [7, 11) is -8.12. The molecule has 0 saturated carbocycles. The van der Waals surface area contributed by atoms with E-state index in [9.17, 15) is 43.4 Å². The summed E-state index contributed by atoms with van der Waals surface area (Å²) in [5.41, 5.74) is -5.80. The molecular weight excluding hydrogens is 1870 g/mol. The number of nitrogens with one attached hydrogen (secondary N) is 6. The zero-order valence-corrected chi connectivity index (χ0v) is 83.2. The predicted molar refractivity (Wildman–Crippen MR) is 517 cm³/mol. The zero-order chi connectivity index (χ0) is 100. The number of ether oxygens (including phenoxy) is 6. The number of anilines is 3. The largest absolute Gasteiger partial charge is 0.464 e. The van der Waals surface area contributed by atoms with E-state index >= 15 is 13.2 Å². The molecule has 6 aromatic carbocycles. The lowest BCUT2D eigenvalue weighted by Crippen LogP contribution is -2.41. The van der Waals surface area contributed by atoms with Crippen molar-refractivity contribution in [2.75, 3.05) is 76.7 Å². The van der Waals surface area contributed by atoms with Crippen LogP contribution in [0.3, 0.4) is 0 Å². The molecule has 0 spiro atoms. The Labute approximate surface area is 803 Å². The van der Waals surface area contributed by atoms with Crippen LogP contribution in [0.4, 0.5) is 30.6 Å². The van der Waals surface area contributed by atoms with Gasteiger partial charge in [0.05, 0.1) is 58.6 Å². The van der Waals surface area contributed by atoms with Crippen LogP contribution in [-0.2, 0) is 70.1 Å². The maximum absolute atomic E-state index is 16.2. The van der Waals surface area contributed by atoms with Crippen LogP contribution in [0.25, 0.3) is 65.8 Å². The van der Waals surface area contributed by atoms with Crippen molar-refractivity contribution in [1.82, 2.24) is 73.8 Å². The van der Waals surface area contributed by atoms with Crippen molar-refractivity contribution < 1.29 is 112 Å². The van der Waals surface area contributed by atoms with Crippen LogP contribution in [0.1, 0.15) is 147 Å². The van der Waals surface area contributed by atoms with Gasteiger partial charge in [-0.15, -0.1) is 0 Å². The van der Waals surface area contributed by atoms with Crippen molar-refractivity contribution >= 4 is 124 Å². The SMILES string of the molecule is C.CNc1nc(C)nc2c1ncn2[C@@H]1O[C@H](CO[P@@](=O)(N[C@@H](C)C(=O)OCC(C)(C)C)Oc2cccc3ccccc23)[C@@H](O)[C@@]1(C)F.CNc1nc(C)nc2c1ncn2[C@@H]1O[C@H](CO[P@@](=O)(N[C@H](C)C(=O)OCC(C)(C)C)Oc2cccc3ccccc23)[C@@H](O)[C@@]1(C)F.CNc1nc(C)nc2c1ncn2[C@@H]1O[C@H](CO[P@](=O)(N[C@H](C)C(=O)OCC(C)(C)C)Oc2cccc3ccccc23)[C@@H](O)[C@@]1(C)F. The van der Waals surface area contributed by atoms with Gasteiger partial charge in [-0.3, -0.25) is 41.7 Å². The van der Waals surface area contributed by atoms with E-state index in [0.717, 1.165) is 16.2 Å². The second-order valence-electron chi connectivity index (χ2n) is 38.1. The number of imidazole rings is 3. The molecule has 18 atom stereocenters. The Morgan fingerprint density at radius 1 is 0.410 bits per heavy atom. The number of aliphatic hydroxyl groups excluding tert-OH is 3. The summed E-state index contributed by atoms with van der Waals surface area (Å²) in [4.78, 5) is 77.6. The maximum atomic E-state index is 16.2. The number of aryl methyl sites for hydroxylation is 3. The zero-order valence-electron chi connectivity index (χ0n) is 80.6. The van der Waals surface area contributed by atoms with Gasteiger partial charge in [0, 0.05) is 37.3 Å². The Hall–Kier alpha value is -11.0. The third kappa shape index (κ3) is 24.8. The molecule has 3 fully saturated rings. The first kappa shape index (κ1) is 107. The van der Waals surface area contributed by atoms with Crippen molar-refractivity contribution in [3.8, 4) is 17.2 Å². The summed E-state index contributed by atoms with van der Waals surface area (Å²) in [6.07, 6.45) is -9.01. The van der Waals surface area contributed by atoms with Gasteiger partial charge < -0.3 is 73.3 Å². The third-order valence-corrected chi connectivity index (χ3v) is 27.3. The number of nitrogens with zero attached hydrogens (tertiary/aromatic N) is 12. The second-order valence-corrected chi connectivity index (χ2v) is 43.2. The Morgan fingerprint density at radius 3 is 0.885 bits per heavy atom. The number of benzene rings is 6. The fourth-order valence-electron chi connectivity index (χ4n) is 15.3. The van der Waals surface area contributed by atoms with E-state index in [-0.39, 0.29) is 60.7 Å². The highest BCUT2D eigenvalue weighted by Gasteiger charge is 2.59. The van der Waals surface area contributed by atoms with Crippen LogP contribution < -0.4 is 44.8 Å². The highest BCUT2D eigenvalue weighted by molar-refractivity contribution is 7.52. The minimum Gasteiger partial charge on any atom is -0.464 e. The molecule has 15 rings (SSSR count). The number of hydrogen-bond acceptors (Lipinski definition) is 33. The van der Waals surface area contributed by atoms with E-state index in [1.807, 2.05) is 117 Å². The van der Waals surface area contributed by atoms with E-state index in [2.05, 4.69) is 76.1 Å². The summed E-state index contributed by atoms with van der Waals surface area (Å²) in [5.74, 6) is 1.30. The Bertz CT molecular complexity index is 5930. The summed E-state index contributed by atoms with van der Waals surface area (Å²) in [6, 6.07) is 34.2. The number of rotatable bonds is 33. The molecule has 0 aliphatic carbocycles. The van der Waals surface area contributed by atoms with Gasteiger partial charge in [-0.2, -0.15) is 15.3 Å². The lowest BCUT2D eigenvalue weighted by molar-refractivity contribution is -0.148. The lowest BCUT2D eigenvalue weighted by Gasteiger charge is -2.26. The molecule has 12 aromatic rings. The fourth-order valence-corrected chi connectivity index (χ4v) is 19.8. The topological polar surface area (TPSA) is 477 Å². The Morgan fingerprint density at radius 2 is 0.647 bits per heavy atom. The van der Waals surface area contributed by atoms with Crippen LogP contribution >= 0.6 is 23.2 Å². The van der Waals surface area contributed by atoms with E-state index in [4.69, 9.17) is 55.6 Å². The van der Waals surface area contributed by atoms with Gasteiger partial charge in [0.15, 0.2) is 86.6 Å². The normalized spacial score (nSPS) is 23.5. The van der Waals surface area contributed by atoms with E-state index in [1.165, 1.54) is 74.2 Å². The molecule has 139 heavy (non-hydrogen) atoms. The fraction of sp³-hybridized carbons (Fsp3) is 0.489. The van der Waals surface area contributed by atoms with Crippen molar-refractivity contribution in [1.29, 1.82) is 0 Å². The summed E-state index contributed by atoms with van der Waals surface area (Å²) >= 11 is 0. The molecule has 39 nitrogen and oxygen atoms in total. The molecule has 9 heterocycles. The minimum absolute atomic E-state index is 0. The standard InChI is InChI=1S/3C31H40FN6O7P.CH4/c3*1-18(28(40)42-16-30(3,4)5)37-46(41,45-22-14-10-12-20-11-8-9-13-21(20)22)43-15-23-25(39)31(6,32)29(44-23)38-17-34-24-26(33-7)35-19(2)36-27(24)38;/h3*8-14,17-18,23,25,29,39H,15-16H2,1-7H3,(H,37,41)(H,33,35,36);1H4/t18-,23+,25+,29+,31+,46-;18-,23-,25-,29-,31-,46+;18-,23-,25-,29-,31-,46-;/m011./s1. The average Bonchev–Trinajstić information content (AvgIpc) is 1.59. The first-order valence-corrected chi connectivity index (χ1v) is 49.3. The van der Waals surface area contributed by atoms with Crippen LogP contribution in [0.2, 0.25) is 0 Å². The Kier molecular flexibility index (Phi) is 32.9. The molecule has 0 amide bonds. The van der Waals surface area contributed by atoms with Gasteiger partial charge in [0.1, 0.15) is 89.5 Å². The number of fused-ring (bicyclic) bond motifs is 6. The van der Waals surface area contributed by atoms with Gasteiger partial charge in [0.25, 0.3) is 0 Å². The molecule has 3 aliphatic rings. The highest BCUT2D eigenvalue weighted by Crippen LogP contribution is 2.54. The number of carbonyl (C=O) groups is 3. The van der Waals surface area contributed by atoms with Crippen molar-refractivity contribution in [3.05, 3.63) is 164 Å². The number of halogens is 3. The number of aliphatic hydroxyl groups is 3. The van der Waals surface area contributed by atoms with Crippen LogP contribution in [0.15, 0.2) is 146 Å². The first-order valence-electron chi connectivity index (χ1n) is 44.7. The minimum atomic E-state index is -4.39. The second kappa shape index (κ2) is 42.8. The number of carbonyl (C=O) groups excluding carboxylic acids is 3. The van der Waals surface area contributed by atoms with Crippen molar-refractivity contribution in [3.63, 3.8) is 0 Å². The first-order chi connectivity index (χ1) is 64.8. The third-order valence-electron chi connectivity index (χ3n) is 22.4. The average molecular weight is 1990 g/mol. The van der Waals surface area contributed by atoms with E-state index in [1.54, 1.807) is 115 Å². The van der Waals surface area contributed by atoms with Crippen LogP contribution in [0, 0.1) is 37.0 Å². The summed E-state index contributed by atoms with van der Waals surface area (Å²) in [5, 5.41) is 54.4. The van der Waals surface area contributed by atoms with E-state index in [0.29, 0.717) is 84.6 Å². The van der Waals surface area contributed by atoms with Crippen LogP contribution in [-0.4, -0.2) is 224 Å². The number of aromatic nitrogens is 12. The molecule has 752 valence electrons. The van der Waals surface area contributed by atoms with Gasteiger partial charge in [-0.25, -0.2) is 71.7 Å². The van der Waals surface area contributed by atoms with Gasteiger partial charge in [-0.1, -0.05) is 179 Å².